The Morgan fingerprint density at radius 2 is 1.53 bits per heavy atom. The predicted octanol–water partition coefficient (Wildman–Crippen LogP) is 4.91. The first-order valence-electron chi connectivity index (χ1n) is 11.9. The first-order chi connectivity index (χ1) is 17.0. The SMILES string of the molecule is CN(C)c1nc(NC[C@H]2CC[C@H](CNS(=O)(=O)c3ccccc3C(F)(F)F)CC2)nc2ccccc12. The van der Waals surface area contributed by atoms with E-state index in [1.807, 2.05) is 43.3 Å². The highest BCUT2D eigenvalue weighted by Crippen LogP contribution is 2.34. The lowest BCUT2D eigenvalue weighted by Gasteiger charge is -2.29. The third kappa shape index (κ3) is 6.07. The highest BCUT2D eigenvalue weighted by Gasteiger charge is 2.37. The number of para-hydroxylation sites is 1. The Morgan fingerprint density at radius 1 is 0.917 bits per heavy atom. The lowest BCUT2D eigenvalue weighted by atomic mass is 9.82. The van der Waals surface area contributed by atoms with E-state index in [2.05, 4.69) is 20.0 Å². The first kappa shape index (κ1) is 26.2. The third-order valence-corrected chi connectivity index (χ3v) is 8.05. The summed E-state index contributed by atoms with van der Waals surface area (Å²) in [5.74, 6) is 1.86. The van der Waals surface area contributed by atoms with Crippen LogP contribution in [0, 0.1) is 11.8 Å². The van der Waals surface area contributed by atoms with Crippen molar-refractivity contribution in [2.75, 3.05) is 37.4 Å². The van der Waals surface area contributed by atoms with Gasteiger partial charge in [0.05, 0.1) is 16.0 Å². The molecule has 1 aliphatic carbocycles. The first-order valence-corrected chi connectivity index (χ1v) is 13.4. The van der Waals surface area contributed by atoms with Crippen molar-refractivity contribution in [1.82, 2.24) is 14.7 Å². The summed E-state index contributed by atoms with van der Waals surface area (Å²) >= 11 is 0. The molecule has 0 amide bonds. The van der Waals surface area contributed by atoms with Gasteiger partial charge < -0.3 is 10.2 Å². The highest BCUT2D eigenvalue weighted by molar-refractivity contribution is 7.89. The lowest BCUT2D eigenvalue weighted by molar-refractivity contribution is -0.139. The van der Waals surface area contributed by atoms with Gasteiger partial charge in [-0.1, -0.05) is 24.3 Å². The number of fused-ring (bicyclic) bond motifs is 1. The van der Waals surface area contributed by atoms with Crippen molar-refractivity contribution in [2.45, 2.75) is 36.8 Å². The molecule has 3 aromatic rings. The van der Waals surface area contributed by atoms with Gasteiger partial charge in [0.25, 0.3) is 0 Å². The van der Waals surface area contributed by atoms with E-state index in [4.69, 9.17) is 0 Å². The van der Waals surface area contributed by atoms with Gasteiger partial charge in [-0.25, -0.2) is 18.1 Å². The topological polar surface area (TPSA) is 87.2 Å². The second kappa shape index (κ2) is 10.6. The minimum Gasteiger partial charge on any atom is -0.362 e. The van der Waals surface area contributed by atoms with E-state index in [-0.39, 0.29) is 12.5 Å². The molecule has 0 bridgehead atoms. The molecule has 0 unspecified atom stereocenters. The molecular formula is C25H30F3N5O2S. The number of benzene rings is 2. The molecular weight excluding hydrogens is 491 g/mol. The standard InChI is InChI=1S/C25H30F3N5O2S/c1-33(2)23-19-7-3-5-9-21(19)31-24(32-23)29-15-17-11-13-18(14-12-17)16-30-36(34,35)22-10-6-4-8-20(22)25(26,27)28/h3-10,17-18,30H,11-16H2,1-2H3,(H,29,31,32)/t17-,18-. The highest BCUT2D eigenvalue weighted by atomic mass is 32.2. The Bertz CT molecular complexity index is 1310. The van der Waals surface area contributed by atoms with Crippen LogP contribution >= 0.6 is 0 Å². The summed E-state index contributed by atoms with van der Waals surface area (Å²) < 4.78 is 67.3. The van der Waals surface area contributed by atoms with E-state index in [1.54, 1.807) is 0 Å². The Kier molecular flexibility index (Phi) is 7.70. The van der Waals surface area contributed by atoms with Gasteiger partial charge in [-0.15, -0.1) is 0 Å². The van der Waals surface area contributed by atoms with Gasteiger partial charge in [-0.05, 0) is 61.8 Å². The Balaban J connectivity index is 1.31. The zero-order chi connectivity index (χ0) is 25.9. The number of sulfonamides is 1. The number of aromatic nitrogens is 2. The van der Waals surface area contributed by atoms with Crippen LogP contribution in [0.1, 0.15) is 31.2 Å². The largest absolute Gasteiger partial charge is 0.417 e. The third-order valence-electron chi connectivity index (χ3n) is 6.57. The van der Waals surface area contributed by atoms with E-state index >= 15 is 0 Å². The summed E-state index contributed by atoms with van der Waals surface area (Å²) in [6.07, 6.45) is -1.40. The van der Waals surface area contributed by atoms with Gasteiger partial charge in [0.15, 0.2) is 0 Å². The summed E-state index contributed by atoms with van der Waals surface area (Å²) in [7, 11) is -0.385. The van der Waals surface area contributed by atoms with E-state index < -0.39 is 26.7 Å². The van der Waals surface area contributed by atoms with E-state index in [1.165, 1.54) is 12.1 Å². The molecule has 1 aromatic heterocycles. The fourth-order valence-electron chi connectivity index (χ4n) is 4.60. The van der Waals surface area contributed by atoms with Crippen molar-refractivity contribution in [3.05, 3.63) is 54.1 Å². The maximum atomic E-state index is 13.2. The van der Waals surface area contributed by atoms with Crippen molar-refractivity contribution < 1.29 is 21.6 Å². The van der Waals surface area contributed by atoms with Gasteiger partial charge in [0, 0.05) is 32.6 Å². The van der Waals surface area contributed by atoms with Crippen LogP contribution < -0.4 is 14.9 Å². The minimum absolute atomic E-state index is 0.0753. The van der Waals surface area contributed by atoms with Crippen LogP contribution in [0.2, 0.25) is 0 Å². The number of halogens is 3. The number of anilines is 2. The number of rotatable bonds is 8. The number of hydrogen-bond donors (Lipinski definition) is 2. The molecule has 1 heterocycles. The summed E-state index contributed by atoms with van der Waals surface area (Å²) in [5.41, 5.74) is -0.289. The quantitative estimate of drug-likeness (QED) is 0.438. The average Bonchev–Trinajstić information content (AvgIpc) is 2.86. The summed E-state index contributed by atoms with van der Waals surface area (Å²) in [5, 5.41) is 4.33. The minimum atomic E-state index is -4.74. The molecule has 0 aliphatic heterocycles. The smallest absolute Gasteiger partial charge is 0.362 e. The summed E-state index contributed by atoms with van der Waals surface area (Å²) in [6, 6.07) is 12.1. The van der Waals surface area contributed by atoms with Crippen LogP contribution in [0.3, 0.4) is 0 Å². The molecule has 0 atom stereocenters. The molecule has 7 nitrogen and oxygen atoms in total. The Labute approximate surface area is 209 Å². The second-order valence-electron chi connectivity index (χ2n) is 9.40. The van der Waals surface area contributed by atoms with Crippen LogP contribution in [0.4, 0.5) is 24.9 Å². The lowest BCUT2D eigenvalue weighted by Crippen LogP contribution is -2.33. The maximum Gasteiger partial charge on any atom is 0.417 e. The average molecular weight is 522 g/mol. The normalized spacial score (nSPS) is 18.8. The van der Waals surface area contributed by atoms with Crippen LogP contribution in [-0.4, -0.2) is 45.6 Å². The molecule has 11 heteroatoms. The predicted molar refractivity (Wildman–Crippen MR) is 134 cm³/mol. The number of nitrogens with zero attached hydrogens (tertiary/aromatic N) is 3. The molecule has 0 saturated heterocycles. The molecule has 2 N–H and O–H groups in total. The molecule has 0 radical (unpaired) electrons. The molecule has 1 saturated carbocycles. The molecule has 2 aromatic carbocycles. The molecule has 1 aliphatic rings. The van der Waals surface area contributed by atoms with Gasteiger partial charge >= 0.3 is 6.18 Å². The van der Waals surface area contributed by atoms with E-state index in [9.17, 15) is 21.6 Å². The van der Waals surface area contributed by atoms with E-state index in [0.29, 0.717) is 18.4 Å². The van der Waals surface area contributed by atoms with Gasteiger partial charge in [0.1, 0.15) is 5.82 Å². The van der Waals surface area contributed by atoms with Crippen molar-refractivity contribution in [2.24, 2.45) is 11.8 Å². The summed E-state index contributed by atoms with van der Waals surface area (Å²) in [4.78, 5) is 10.5. The number of alkyl halides is 3. The molecule has 36 heavy (non-hydrogen) atoms. The maximum absolute atomic E-state index is 13.2. The van der Waals surface area contributed by atoms with Crippen molar-refractivity contribution >= 4 is 32.7 Å². The monoisotopic (exact) mass is 521 g/mol. The fourth-order valence-corrected chi connectivity index (χ4v) is 5.94. The van der Waals surface area contributed by atoms with Crippen molar-refractivity contribution in [3.8, 4) is 0 Å². The zero-order valence-electron chi connectivity index (χ0n) is 20.2. The van der Waals surface area contributed by atoms with Crippen molar-refractivity contribution in [1.29, 1.82) is 0 Å². The molecule has 194 valence electrons. The number of nitrogens with one attached hydrogen (secondary N) is 2. The fraction of sp³-hybridized carbons (Fsp3) is 0.440. The van der Waals surface area contributed by atoms with Gasteiger partial charge in [-0.3, -0.25) is 0 Å². The van der Waals surface area contributed by atoms with Crippen molar-refractivity contribution in [3.63, 3.8) is 0 Å². The molecule has 0 spiro atoms. The molecule has 1 fully saturated rings. The second-order valence-corrected chi connectivity index (χ2v) is 11.1. The van der Waals surface area contributed by atoms with Crippen LogP contribution in [-0.2, 0) is 16.2 Å². The van der Waals surface area contributed by atoms with Gasteiger partial charge in [-0.2, -0.15) is 18.2 Å². The zero-order valence-corrected chi connectivity index (χ0v) is 21.0. The van der Waals surface area contributed by atoms with Crippen LogP contribution in [0.25, 0.3) is 10.9 Å². The van der Waals surface area contributed by atoms with Gasteiger partial charge in [0.2, 0.25) is 16.0 Å². The van der Waals surface area contributed by atoms with Crippen LogP contribution in [0.5, 0.6) is 0 Å². The number of hydrogen-bond acceptors (Lipinski definition) is 6. The summed E-state index contributed by atoms with van der Waals surface area (Å²) in [6.45, 7) is 0.817. The van der Waals surface area contributed by atoms with E-state index in [0.717, 1.165) is 54.5 Å². The Hall–Kier alpha value is -2.92. The Morgan fingerprint density at radius 3 is 2.19 bits per heavy atom. The molecule has 4 rings (SSSR count). The van der Waals surface area contributed by atoms with Crippen LogP contribution in [0.15, 0.2) is 53.4 Å².